The number of aromatic nitrogens is 3. The van der Waals surface area contributed by atoms with Crippen molar-refractivity contribution < 1.29 is 4.79 Å². The lowest BCUT2D eigenvalue weighted by Crippen LogP contribution is -2.44. The zero-order valence-corrected chi connectivity index (χ0v) is 13.0. The van der Waals surface area contributed by atoms with Crippen LogP contribution >= 0.6 is 0 Å². The van der Waals surface area contributed by atoms with Gasteiger partial charge in [-0.15, -0.1) is 0 Å². The predicted octanol–water partition coefficient (Wildman–Crippen LogP) is 1.77. The Morgan fingerprint density at radius 1 is 1.32 bits per heavy atom. The number of hydrogen-bond acceptors (Lipinski definition) is 5. The Hall–Kier alpha value is -2.24. The molecule has 1 aliphatic rings. The first kappa shape index (κ1) is 14.7. The maximum absolute atomic E-state index is 12.2. The Kier molecular flexibility index (Phi) is 4.18. The van der Waals surface area contributed by atoms with Gasteiger partial charge in [-0.05, 0) is 32.8 Å². The maximum atomic E-state index is 12.2. The second kappa shape index (κ2) is 6.25. The molecule has 6 heteroatoms. The zero-order chi connectivity index (χ0) is 15.5. The number of pyridine rings is 1. The Labute approximate surface area is 130 Å². The quantitative estimate of drug-likeness (QED) is 0.935. The molecule has 0 bridgehead atoms. The molecule has 1 atom stereocenters. The Balaban J connectivity index is 1.76. The van der Waals surface area contributed by atoms with E-state index in [9.17, 15) is 4.79 Å². The second-order valence-corrected chi connectivity index (χ2v) is 6.04. The van der Waals surface area contributed by atoms with Gasteiger partial charge in [0.25, 0.3) is 0 Å². The van der Waals surface area contributed by atoms with Gasteiger partial charge in [-0.2, -0.15) is 0 Å². The van der Waals surface area contributed by atoms with Crippen LogP contribution in [-0.2, 0) is 4.79 Å². The molecule has 0 aromatic carbocycles. The van der Waals surface area contributed by atoms with Gasteiger partial charge in [0.15, 0.2) is 5.65 Å². The van der Waals surface area contributed by atoms with Crippen molar-refractivity contribution in [3.8, 4) is 0 Å². The fourth-order valence-electron chi connectivity index (χ4n) is 2.85. The van der Waals surface area contributed by atoms with E-state index in [-0.39, 0.29) is 17.9 Å². The third-order valence-electron chi connectivity index (χ3n) is 3.90. The summed E-state index contributed by atoms with van der Waals surface area (Å²) < 4.78 is 0. The van der Waals surface area contributed by atoms with Crippen molar-refractivity contribution in [2.45, 2.75) is 32.7 Å². The first-order valence-electron chi connectivity index (χ1n) is 7.75. The summed E-state index contributed by atoms with van der Waals surface area (Å²) in [5.74, 6) is 0.182. The van der Waals surface area contributed by atoms with Crippen LogP contribution in [0.1, 0.15) is 26.7 Å². The van der Waals surface area contributed by atoms with Gasteiger partial charge >= 0.3 is 0 Å². The van der Waals surface area contributed by atoms with Crippen molar-refractivity contribution in [1.29, 1.82) is 0 Å². The number of hydrogen-bond donors (Lipinski definition) is 1. The van der Waals surface area contributed by atoms with Gasteiger partial charge in [-0.1, -0.05) is 0 Å². The van der Waals surface area contributed by atoms with E-state index in [1.807, 2.05) is 26.1 Å². The van der Waals surface area contributed by atoms with E-state index in [4.69, 9.17) is 0 Å². The summed E-state index contributed by atoms with van der Waals surface area (Å²) >= 11 is 0. The first-order valence-corrected chi connectivity index (χ1v) is 7.75. The van der Waals surface area contributed by atoms with Crippen molar-refractivity contribution in [3.05, 3.63) is 24.7 Å². The molecule has 0 radical (unpaired) electrons. The number of nitrogens with one attached hydrogen (secondary N) is 1. The zero-order valence-electron chi connectivity index (χ0n) is 13.0. The fraction of sp³-hybridized carbons (Fsp3) is 0.500. The summed E-state index contributed by atoms with van der Waals surface area (Å²) in [5.41, 5.74) is 2.45. The summed E-state index contributed by atoms with van der Waals surface area (Å²) in [7, 11) is 0. The molecule has 22 heavy (non-hydrogen) atoms. The molecule has 0 spiro atoms. The molecule has 3 heterocycles. The largest absolute Gasteiger partial charge is 0.369 e. The minimum Gasteiger partial charge on any atom is -0.369 e. The van der Waals surface area contributed by atoms with Crippen LogP contribution in [0.3, 0.4) is 0 Å². The summed E-state index contributed by atoms with van der Waals surface area (Å²) in [4.78, 5) is 27.3. The van der Waals surface area contributed by atoms with Gasteiger partial charge in [0.1, 0.15) is 5.52 Å². The van der Waals surface area contributed by atoms with Gasteiger partial charge in [0, 0.05) is 31.5 Å². The molecule has 0 unspecified atom stereocenters. The molecule has 0 saturated carbocycles. The van der Waals surface area contributed by atoms with Gasteiger partial charge in [-0.25, -0.2) is 9.97 Å². The Bertz CT molecular complexity index is 672. The van der Waals surface area contributed by atoms with Crippen molar-refractivity contribution >= 4 is 22.8 Å². The van der Waals surface area contributed by atoms with E-state index in [0.717, 1.165) is 37.1 Å². The molecule has 3 rings (SSSR count). The molecule has 2 aromatic heterocycles. The molecule has 1 fully saturated rings. The third kappa shape index (κ3) is 3.16. The van der Waals surface area contributed by atoms with E-state index in [1.54, 1.807) is 12.4 Å². The molecular weight excluding hydrogens is 278 g/mol. The number of carbonyl (C=O) groups is 1. The normalized spacial score (nSPS) is 18.7. The average molecular weight is 299 g/mol. The molecule has 1 amide bonds. The van der Waals surface area contributed by atoms with Crippen LogP contribution in [0.5, 0.6) is 0 Å². The van der Waals surface area contributed by atoms with Gasteiger partial charge in [0.2, 0.25) is 5.91 Å². The maximum Gasteiger partial charge on any atom is 0.225 e. The van der Waals surface area contributed by atoms with E-state index in [0.29, 0.717) is 5.65 Å². The summed E-state index contributed by atoms with van der Waals surface area (Å²) in [5, 5.41) is 3.01. The Morgan fingerprint density at radius 2 is 2.14 bits per heavy atom. The number of fused-ring (bicyclic) bond motifs is 1. The topological polar surface area (TPSA) is 71.0 Å². The van der Waals surface area contributed by atoms with Crippen LogP contribution < -0.4 is 10.2 Å². The molecule has 0 aliphatic carbocycles. The third-order valence-corrected chi connectivity index (χ3v) is 3.90. The highest BCUT2D eigenvalue weighted by atomic mass is 16.2. The van der Waals surface area contributed by atoms with Crippen LogP contribution in [0.4, 0.5) is 5.69 Å². The number of piperidine rings is 1. The van der Waals surface area contributed by atoms with Crippen LogP contribution in [0.2, 0.25) is 0 Å². The highest BCUT2D eigenvalue weighted by Crippen LogP contribution is 2.24. The Morgan fingerprint density at radius 3 is 2.95 bits per heavy atom. The van der Waals surface area contributed by atoms with Gasteiger partial charge in [0.05, 0.1) is 17.8 Å². The van der Waals surface area contributed by atoms with Gasteiger partial charge in [-0.3, -0.25) is 9.78 Å². The van der Waals surface area contributed by atoms with Gasteiger partial charge < -0.3 is 10.2 Å². The summed E-state index contributed by atoms with van der Waals surface area (Å²) in [6.07, 6.45) is 7.08. The van der Waals surface area contributed by atoms with Crippen molar-refractivity contribution in [2.75, 3.05) is 18.0 Å². The monoisotopic (exact) mass is 299 g/mol. The van der Waals surface area contributed by atoms with Crippen molar-refractivity contribution in [3.63, 3.8) is 0 Å². The standard InChI is InChI=1S/C16H21N5O/c1-11(2)20-16(22)12-4-3-7-21(10-12)13-8-14-15(19-9-13)18-6-5-17-14/h5-6,8-9,11-12H,3-4,7,10H2,1-2H3,(H,20,22)/t12-/m0/s1. The number of amides is 1. The van der Waals surface area contributed by atoms with Crippen molar-refractivity contribution in [2.24, 2.45) is 5.92 Å². The predicted molar refractivity (Wildman–Crippen MR) is 85.5 cm³/mol. The summed E-state index contributed by atoms with van der Waals surface area (Å²) in [6.45, 7) is 5.65. The molecule has 116 valence electrons. The van der Waals surface area contributed by atoms with E-state index >= 15 is 0 Å². The lowest BCUT2D eigenvalue weighted by Gasteiger charge is -2.33. The highest BCUT2D eigenvalue weighted by molar-refractivity contribution is 5.80. The molecule has 6 nitrogen and oxygen atoms in total. The lowest BCUT2D eigenvalue weighted by atomic mass is 9.96. The first-order chi connectivity index (χ1) is 10.6. The van der Waals surface area contributed by atoms with E-state index in [2.05, 4.69) is 25.2 Å². The smallest absolute Gasteiger partial charge is 0.225 e. The number of anilines is 1. The molecular formula is C16H21N5O. The van der Waals surface area contributed by atoms with E-state index in [1.165, 1.54) is 0 Å². The van der Waals surface area contributed by atoms with Crippen LogP contribution in [0, 0.1) is 5.92 Å². The molecule has 1 saturated heterocycles. The lowest BCUT2D eigenvalue weighted by molar-refractivity contribution is -0.125. The number of carbonyl (C=O) groups excluding carboxylic acids is 1. The minimum atomic E-state index is 0.0358. The number of rotatable bonds is 3. The summed E-state index contributed by atoms with van der Waals surface area (Å²) in [6, 6.07) is 2.18. The fourth-order valence-corrected chi connectivity index (χ4v) is 2.85. The van der Waals surface area contributed by atoms with Crippen LogP contribution in [-0.4, -0.2) is 40.0 Å². The second-order valence-electron chi connectivity index (χ2n) is 6.04. The average Bonchev–Trinajstić information content (AvgIpc) is 2.54. The highest BCUT2D eigenvalue weighted by Gasteiger charge is 2.26. The SMILES string of the molecule is CC(C)NC(=O)[C@H]1CCCN(c2cnc3nccnc3c2)C1. The molecule has 1 N–H and O–H groups in total. The van der Waals surface area contributed by atoms with Crippen LogP contribution in [0.15, 0.2) is 24.7 Å². The minimum absolute atomic E-state index is 0.0358. The van der Waals surface area contributed by atoms with Crippen molar-refractivity contribution in [1.82, 2.24) is 20.3 Å². The number of nitrogens with zero attached hydrogens (tertiary/aromatic N) is 4. The van der Waals surface area contributed by atoms with E-state index < -0.39 is 0 Å². The molecule has 1 aliphatic heterocycles. The van der Waals surface area contributed by atoms with Crippen LogP contribution in [0.25, 0.3) is 11.2 Å². The molecule has 2 aromatic rings.